The van der Waals surface area contributed by atoms with Crippen molar-refractivity contribution in [3.05, 3.63) is 11.0 Å². The van der Waals surface area contributed by atoms with Gasteiger partial charge in [-0.15, -0.1) is 0 Å². The van der Waals surface area contributed by atoms with Crippen LogP contribution in [-0.2, 0) is 4.74 Å². The van der Waals surface area contributed by atoms with Crippen molar-refractivity contribution in [2.45, 2.75) is 13.8 Å². The van der Waals surface area contributed by atoms with E-state index in [-0.39, 0.29) is 16.7 Å². The van der Waals surface area contributed by atoms with Gasteiger partial charge in [-0.25, -0.2) is 9.78 Å². The topological polar surface area (TPSA) is 90.1 Å². The largest absolute Gasteiger partial charge is 0.464 e. The van der Waals surface area contributed by atoms with Gasteiger partial charge in [-0.2, -0.15) is 4.98 Å². The number of methoxy groups -OCH3 is 1. The number of hydrogen-bond donors (Lipinski definition) is 2. The predicted molar refractivity (Wildman–Crippen MR) is 66.1 cm³/mol. The summed E-state index contributed by atoms with van der Waals surface area (Å²) < 4.78 is 4.56. The van der Waals surface area contributed by atoms with E-state index in [1.165, 1.54) is 7.11 Å². The number of carbonyl (C=O) groups is 1. The third kappa shape index (κ3) is 3.45. The van der Waals surface area contributed by atoms with Crippen molar-refractivity contribution >= 4 is 29.1 Å². The van der Waals surface area contributed by atoms with Gasteiger partial charge in [0.1, 0.15) is 5.69 Å². The fourth-order valence-electron chi connectivity index (χ4n) is 1.13. The SMILES string of the molecule is COC(=O)c1nc(Cl)nc(NCC(C)C)c1N. The Morgan fingerprint density at radius 2 is 2.18 bits per heavy atom. The molecule has 0 bridgehead atoms. The lowest BCUT2D eigenvalue weighted by Gasteiger charge is -2.12. The van der Waals surface area contributed by atoms with Gasteiger partial charge in [-0.3, -0.25) is 0 Å². The van der Waals surface area contributed by atoms with Gasteiger partial charge in [0.25, 0.3) is 0 Å². The number of nitrogen functional groups attached to an aromatic ring is 1. The van der Waals surface area contributed by atoms with Crippen molar-refractivity contribution in [2.75, 3.05) is 24.7 Å². The van der Waals surface area contributed by atoms with Gasteiger partial charge < -0.3 is 15.8 Å². The Morgan fingerprint density at radius 1 is 1.53 bits per heavy atom. The van der Waals surface area contributed by atoms with Gasteiger partial charge in [0.05, 0.1) is 7.11 Å². The lowest BCUT2D eigenvalue weighted by atomic mass is 10.2. The zero-order chi connectivity index (χ0) is 13.0. The molecule has 0 aliphatic carbocycles. The second kappa shape index (κ2) is 5.67. The molecule has 1 heterocycles. The Hall–Kier alpha value is -1.56. The normalized spacial score (nSPS) is 10.4. The van der Waals surface area contributed by atoms with Crippen molar-refractivity contribution < 1.29 is 9.53 Å². The second-order valence-corrected chi connectivity index (χ2v) is 4.21. The van der Waals surface area contributed by atoms with E-state index in [4.69, 9.17) is 17.3 Å². The molecule has 3 N–H and O–H groups in total. The maximum absolute atomic E-state index is 11.4. The summed E-state index contributed by atoms with van der Waals surface area (Å²) >= 11 is 5.71. The number of aromatic nitrogens is 2. The monoisotopic (exact) mass is 258 g/mol. The molecule has 0 saturated carbocycles. The highest BCUT2D eigenvalue weighted by molar-refractivity contribution is 6.28. The molecule has 0 aromatic carbocycles. The van der Waals surface area contributed by atoms with Crippen LogP contribution in [0.3, 0.4) is 0 Å². The standard InChI is InChI=1S/C10H15ClN4O2/c1-5(2)4-13-8-6(12)7(9(16)17-3)14-10(11)15-8/h5H,4,12H2,1-3H3,(H,13,14,15). The van der Waals surface area contributed by atoms with Gasteiger partial charge >= 0.3 is 5.97 Å². The Labute approximate surface area is 105 Å². The van der Waals surface area contributed by atoms with Crippen molar-refractivity contribution in [3.63, 3.8) is 0 Å². The van der Waals surface area contributed by atoms with Crippen LogP contribution in [-0.4, -0.2) is 29.6 Å². The smallest absolute Gasteiger partial charge is 0.359 e. The van der Waals surface area contributed by atoms with E-state index in [1.54, 1.807) is 0 Å². The number of rotatable bonds is 4. The Morgan fingerprint density at radius 3 is 2.71 bits per heavy atom. The van der Waals surface area contributed by atoms with Gasteiger partial charge in [0, 0.05) is 6.54 Å². The molecule has 0 unspecified atom stereocenters. The minimum atomic E-state index is -0.639. The molecule has 94 valence electrons. The van der Waals surface area contributed by atoms with Crippen LogP contribution in [0.4, 0.5) is 11.5 Å². The molecule has 1 rings (SSSR count). The summed E-state index contributed by atoms with van der Waals surface area (Å²) in [6, 6.07) is 0. The summed E-state index contributed by atoms with van der Waals surface area (Å²) in [5.74, 6) is 0.114. The Bertz CT molecular complexity index is 423. The van der Waals surface area contributed by atoms with Crippen LogP contribution in [0.15, 0.2) is 0 Å². The molecule has 0 aliphatic rings. The molecular formula is C10H15ClN4O2. The van der Waals surface area contributed by atoms with Crippen LogP contribution in [0.1, 0.15) is 24.3 Å². The highest BCUT2D eigenvalue weighted by Gasteiger charge is 2.18. The molecular weight excluding hydrogens is 244 g/mol. The number of nitrogens with two attached hydrogens (primary N) is 1. The van der Waals surface area contributed by atoms with Crippen LogP contribution < -0.4 is 11.1 Å². The number of carbonyl (C=O) groups excluding carboxylic acids is 1. The fraction of sp³-hybridized carbons (Fsp3) is 0.500. The van der Waals surface area contributed by atoms with E-state index in [2.05, 4.69) is 20.0 Å². The maximum atomic E-state index is 11.4. The van der Waals surface area contributed by atoms with Gasteiger partial charge in [-0.1, -0.05) is 13.8 Å². The summed E-state index contributed by atoms with van der Waals surface area (Å²) in [6.45, 7) is 4.73. The first kappa shape index (κ1) is 13.5. The van der Waals surface area contributed by atoms with E-state index >= 15 is 0 Å². The summed E-state index contributed by atoms with van der Waals surface area (Å²) in [7, 11) is 1.25. The third-order valence-electron chi connectivity index (χ3n) is 1.97. The van der Waals surface area contributed by atoms with Gasteiger partial charge in [-0.05, 0) is 17.5 Å². The Balaban J connectivity index is 3.05. The van der Waals surface area contributed by atoms with E-state index in [0.29, 0.717) is 18.3 Å². The van der Waals surface area contributed by atoms with Crippen molar-refractivity contribution in [3.8, 4) is 0 Å². The first-order valence-electron chi connectivity index (χ1n) is 5.11. The van der Waals surface area contributed by atoms with Crippen molar-refractivity contribution in [2.24, 2.45) is 5.92 Å². The zero-order valence-corrected chi connectivity index (χ0v) is 10.7. The average Bonchev–Trinajstić information content (AvgIpc) is 2.28. The number of esters is 1. The average molecular weight is 259 g/mol. The van der Waals surface area contributed by atoms with Gasteiger partial charge in [0.2, 0.25) is 5.28 Å². The maximum Gasteiger partial charge on any atom is 0.359 e. The molecule has 0 radical (unpaired) electrons. The first-order chi connectivity index (χ1) is 7.95. The minimum absolute atomic E-state index is 0.0289. The van der Waals surface area contributed by atoms with E-state index in [1.807, 2.05) is 13.8 Å². The van der Waals surface area contributed by atoms with Crippen LogP contribution in [0.2, 0.25) is 5.28 Å². The molecule has 1 aromatic heterocycles. The summed E-state index contributed by atoms with van der Waals surface area (Å²) in [4.78, 5) is 19.1. The number of ether oxygens (including phenoxy) is 1. The predicted octanol–water partition coefficient (Wildman–Crippen LogP) is 1.57. The lowest BCUT2D eigenvalue weighted by Crippen LogP contribution is -2.16. The molecule has 1 aromatic rings. The summed E-state index contributed by atoms with van der Waals surface area (Å²) in [6.07, 6.45) is 0. The highest BCUT2D eigenvalue weighted by atomic mass is 35.5. The molecule has 17 heavy (non-hydrogen) atoms. The molecule has 0 amide bonds. The van der Waals surface area contributed by atoms with Crippen LogP contribution >= 0.6 is 11.6 Å². The van der Waals surface area contributed by atoms with E-state index in [9.17, 15) is 4.79 Å². The number of hydrogen-bond acceptors (Lipinski definition) is 6. The molecule has 0 aliphatic heterocycles. The first-order valence-corrected chi connectivity index (χ1v) is 5.48. The molecule has 0 atom stereocenters. The summed E-state index contributed by atoms with van der Waals surface area (Å²) in [5.41, 5.74) is 5.88. The number of anilines is 2. The zero-order valence-electron chi connectivity index (χ0n) is 9.95. The molecule has 6 nitrogen and oxygen atoms in total. The summed E-state index contributed by atoms with van der Waals surface area (Å²) in [5, 5.41) is 2.95. The lowest BCUT2D eigenvalue weighted by molar-refractivity contribution is 0.0595. The van der Waals surface area contributed by atoms with E-state index < -0.39 is 5.97 Å². The third-order valence-corrected chi connectivity index (χ3v) is 2.14. The number of nitrogens with one attached hydrogen (secondary N) is 1. The second-order valence-electron chi connectivity index (χ2n) is 3.87. The van der Waals surface area contributed by atoms with Crippen molar-refractivity contribution in [1.29, 1.82) is 0 Å². The highest BCUT2D eigenvalue weighted by Crippen LogP contribution is 2.22. The van der Waals surface area contributed by atoms with Crippen molar-refractivity contribution in [1.82, 2.24) is 9.97 Å². The molecule has 7 heteroatoms. The van der Waals surface area contributed by atoms with Crippen LogP contribution in [0, 0.1) is 5.92 Å². The van der Waals surface area contributed by atoms with Crippen LogP contribution in [0.25, 0.3) is 0 Å². The number of halogens is 1. The molecule has 0 spiro atoms. The quantitative estimate of drug-likeness (QED) is 0.629. The fourth-order valence-corrected chi connectivity index (χ4v) is 1.30. The van der Waals surface area contributed by atoms with Gasteiger partial charge in [0.15, 0.2) is 11.5 Å². The number of nitrogens with zero attached hydrogens (tertiary/aromatic N) is 2. The van der Waals surface area contributed by atoms with E-state index in [0.717, 1.165) is 0 Å². The van der Waals surface area contributed by atoms with Crippen LogP contribution in [0.5, 0.6) is 0 Å². The Kier molecular flexibility index (Phi) is 4.51. The molecule has 0 saturated heterocycles. The minimum Gasteiger partial charge on any atom is -0.464 e. The molecule has 0 fully saturated rings.